The summed E-state index contributed by atoms with van der Waals surface area (Å²) in [7, 11) is 0. The van der Waals surface area contributed by atoms with Crippen LogP contribution in [-0.2, 0) is 9.53 Å². The van der Waals surface area contributed by atoms with E-state index in [-0.39, 0.29) is 18.7 Å². The van der Waals surface area contributed by atoms with Gasteiger partial charge >= 0.3 is 0 Å². The number of carbonyl (C=O) groups is 1. The number of alkyl halides is 2. The molecular formula is C12H20F2N2O2. The Balaban J connectivity index is 1.78. The van der Waals surface area contributed by atoms with Crippen LogP contribution < -0.4 is 5.32 Å². The first-order chi connectivity index (χ1) is 8.68. The SMILES string of the molecule is O=C1CNC(C2CCCC2)N1CCOCC(F)F. The Kier molecular flexibility index (Phi) is 4.88. The van der Waals surface area contributed by atoms with Crippen molar-refractivity contribution >= 4 is 5.91 Å². The maximum absolute atomic E-state index is 11.9. The van der Waals surface area contributed by atoms with Crippen LogP contribution in [0.2, 0.25) is 0 Å². The van der Waals surface area contributed by atoms with E-state index in [1.807, 2.05) is 0 Å². The maximum atomic E-state index is 11.9. The minimum Gasteiger partial charge on any atom is -0.374 e. The standard InChI is InChI=1S/C12H20F2N2O2/c13-10(14)8-18-6-5-16-11(17)7-15-12(16)9-3-1-2-4-9/h9-10,12,15H,1-8H2. The molecule has 1 N–H and O–H groups in total. The van der Waals surface area contributed by atoms with Crippen molar-refractivity contribution in [3.8, 4) is 0 Å². The van der Waals surface area contributed by atoms with Crippen molar-refractivity contribution in [1.82, 2.24) is 10.2 Å². The highest BCUT2D eigenvalue weighted by Gasteiger charge is 2.36. The smallest absolute Gasteiger partial charge is 0.261 e. The number of hydrogen-bond acceptors (Lipinski definition) is 3. The summed E-state index contributed by atoms with van der Waals surface area (Å²) in [6.45, 7) is 0.389. The van der Waals surface area contributed by atoms with Gasteiger partial charge in [-0.05, 0) is 18.8 Å². The summed E-state index contributed by atoms with van der Waals surface area (Å²) in [5.74, 6) is 0.555. The van der Waals surface area contributed by atoms with Crippen LogP contribution in [0.1, 0.15) is 25.7 Å². The molecule has 1 atom stereocenters. The lowest BCUT2D eigenvalue weighted by molar-refractivity contribution is -0.129. The Morgan fingerprint density at radius 3 is 2.78 bits per heavy atom. The zero-order valence-corrected chi connectivity index (χ0v) is 10.4. The Morgan fingerprint density at radius 2 is 2.11 bits per heavy atom. The van der Waals surface area contributed by atoms with Crippen LogP contribution in [0, 0.1) is 5.92 Å². The normalized spacial score (nSPS) is 25.6. The summed E-state index contributed by atoms with van der Waals surface area (Å²) in [5.41, 5.74) is 0. The van der Waals surface area contributed by atoms with Gasteiger partial charge in [0.1, 0.15) is 6.61 Å². The van der Waals surface area contributed by atoms with Gasteiger partial charge in [0.25, 0.3) is 6.43 Å². The van der Waals surface area contributed by atoms with Crippen molar-refractivity contribution in [3.05, 3.63) is 0 Å². The molecule has 1 unspecified atom stereocenters. The van der Waals surface area contributed by atoms with Crippen molar-refractivity contribution in [3.63, 3.8) is 0 Å². The lowest BCUT2D eigenvalue weighted by atomic mass is 10.0. The van der Waals surface area contributed by atoms with Gasteiger partial charge in [0.15, 0.2) is 0 Å². The molecule has 0 aromatic heterocycles. The quantitative estimate of drug-likeness (QED) is 0.732. The van der Waals surface area contributed by atoms with Gasteiger partial charge in [-0.2, -0.15) is 0 Å². The van der Waals surface area contributed by atoms with E-state index in [4.69, 9.17) is 4.74 Å². The minimum atomic E-state index is -2.44. The van der Waals surface area contributed by atoms with Gasteiger partial charge in [-0.25, -0.2) is 8.78 Å². The van der Waals surface area contributed by atoms with Crippen LogP contribution >= 0.6 is 0 Å². The predicted octanol–water partition coefficient (Wildman–Crippen LogP) is 1.22. The first-order valence-electron chi connectivity index (χ1n) is 6.57. The second kappa shape index (κ2) is 6.43. The molecule has 4 nitrogen and oxygen atoms in total. The predicted molar refractivity (Wildman–Crippen MR) is 62.3 cm³/mol. The van der Waals surface area contributed by atoms with E-state index in [1.54, 1.807) is 4.90 Å². The Hall–Kier alpha value is -0.750. The molecule has 6 heteroatoms. The van der Waals surface area contributed by atoms with Crippen LogP contribution in [0.25, 0.3) is 0 Å². The van der Waals surface area contributed by atoms with E-state index in [0.717, 1.165) is 12.8 Å². The van der Waals surface area contributed by atoms with Crippen LogP contribution in [0.4, 0.5) is 8.78 Å². The number of hydrogen-bond donors (Lipinski definition) is 1. The zero-order chi connectivity index (χ0) is 13.0. The summed E-state index contributed by atoms with van der Waals surface area (Å²) < 4.78 is 28.7. The lowest BCUT2D eigenvalue weighted by Gasteiger charge is -2.28. The molecule has 1 saturated heterocycles. The average Bonchev–Trinajstić information content (AvgIpc) is 2.94. The lowest BCUT2D eigenvalue weighted by Crippen LogP contribution is -2.44. The topological polar surface area (TPSA) is 41.6 Å². The second-order valence-electron chi connectivity index (χ2n) is 4.92. The molecule has 104 valence electrons. The Morgan fingerprint density at radius 1 is 1.39 bits per heavy atom. The minimum absolute atomic E-state index is 0.0487. The van der Waals surface area contributed by atoms with E-state index in [1.165, 1.54) is 12.8 Å². The zero-order valence-electron chi connectivity index (χ0n) is 10.4. The molecule has 0 radical (unpaired) electrons. The van der Waals surface area contributed by atoms with Crippen molar-refractivity contribution in [2.24, 2.45) is 5.92 Å². The van der Waals surface area contributed by atoms with Gasteiger partial charge in [-0.15, -0.1) is 0 Å². The molecule has 0 bridgehead atoms. The second-order valence-corrected chi connectivity index (χ2v) is 4.92. The summed E-state index contributed by atoms with van der Waals surface area (Å²) in [5, 5.41) is 3.22. The van der Waals surface area contributed by atoms with Gasteiger partial charge in [0, 0.05) is 6.54 Å². The summed E-state index contributed by atoms with van der Waals surface area (Å²) in [6, 6.07) is 0. The first-order valence-corrected chi connectivity index (χ1v) is 6.57. The molecule has 0 aromatic rings. The Labute approximate surface area is 106 Å². The van der Waals surface area contributed by atoms with Crippen LogP contribution in [0.5, 0.6) is 0 Å². The molecule has 0 aromatic carbocycles. The number of rotatable bonds is 6. The maximum Gasteiger partial charge on any atom is 0.261 e. The molecule has 1 saturated carbocycles. The molecule has 1 aliphatic carbocycles. The van der Waals surface area contributed by atoms with Gasteiger partial charge in [-0.1, -0.05) is 12.8 Å². The van der Waals surface area contributed by atoms with Gasteiger partial charge in [0.05, 0.1) is 19.3 Å². The van der Waals surface area contributed by atoms with E-state index in [2.05, 4.69) is 5.32 Å². The third-order valence-corrected chi connectivity index (χ3v) is 3.69. The van der Waals surface area contributed by atoms with Crippen molar-refractivity contribution in [2.45, 2.75) is 38.3 Å². The molecule has 1 heterocycles. The third-order valence-electron chi connectivity index (χ3n) is 3.69. The van der Waals surface area contributed by atoms with Crippen molar-refractivity contribution < 1.29 is 18.3 Å². The van der Waals surface area contributed by atoms with Crippen molar-refractivity contribution in [2.75, 3.05) is 26.3 Å². The first kappa shape index (κ1) is 13.7. The van der Waals surface area contributed by atoms with E-state index >= 15 is 0 Å². The summed E-state index contributed by atoms with van der Waals surface area (Å²) in [6.07, 6.45) is 2.34. The van der Waals surface area contributed by atoms with E-state index < -0.39 is 13.0 Å². The van der Waals surface area contributed by atoms with Gasteiger partial charge < -0.3 is 9.64 Å². The fourth-order valence-electron chi connectivity index (χ4n) is 2.85. The van der Waals surface area contributed by atoms with Gasteiger partial charge in [0.2, 0.25) is 5.91 Å². The van der Waals surface area contributed by atoms with Crippen LogP contribution in [0.3, 0.4) is 0 Å². The molecular weight excluding hydrogens is 242 g/mol. The highest BCUT2D eigenvalue weighted by molar-refractivity contribution is 5.80. The molecule has 1 amide bonds. The molecule has 0 spiro atoms. The molecule has 1 aliphatic heterocycles. The Bertz CT molecular complexity index is 283. The number of halogens is 2. The number of amides is 1. The number of nitrogens with one attached hydrogen (secondary N) is 1. The van der Waals surface area contributed by atoms with E-state index in [0.29, 0.717) is 19.0 Å². The fraction of sp³-hybridized carbons (Fsp3) is 0.917. The molecule has 2 aliphatic rings. The van der Waals surface area contributed by atoms with Crippen molar-refractivity contribution in [1.29, 1.82) is 0 Å². The molecule has 2 rings (SSSR count). The average molecular weight is 262 g/mol. The highest BCUT2D eigenvalue weighted by Crippen LogP contribution is 2.30. The number of ether oxygens (including phenoxy) is 1. The van der Waals surface area contributed by atoms with Crippen LogP contribution in [0.15, 0.2) is 0 Å². The molecule has 2 fully saturated rings. The summed E-state index contributed by atoms with van der Waals surface area (Å²) >= 11 is 0. The highest BCUT2D eigenvalue weighted by atomic mass is 19.3. The summed E-state index contributed by atoms with van der Waals surface area (Å²) in [4.78, 5) is 13.5. The van der Waals surface area contributed by atoms with Gasteiger partial charge in [-0.3, -0.25) is 10.1 Å². The number of carbonyl (C=O) groups excluding carboxylic acids is 1. The third kappa shape index (κ3) is 3.38. The fourth-order valence-corrected chi connectivity index (χ4v) is 2.85. The molecule has 18 heavy (non-hydrogen) atoms. The largest absolute Gasteiger partial charge is 0.374 e. The number of nitrogens with zero attached hydrogens (tertiary/aromatic N) is 1. The van der Waals surface area contributed by atoms with E-state index in [9.17, 15) is 13.6 Å². The van der Waals surface area contributed by atoms with Crippen LogP contribution in [-0.4, -0.2) is 49.7 Å². The monoisotopic (exact) mass is 262 g/mol.